The van der Waals surface area contributed by atoms with Crippen LogP contribution >= 0.6 is 0 Å². The van der Waals surface area contributed by atoms with Crippen LogP contribution in [0.5, 0.6) is 0 Å². The summed E-state index contributed by atoms with van der Waals surface area (Å²) in [7, 11) is 3.76. The van der Waals surface area contributed by atoms with E-state index in [4.69, 9.17) is 5.73 Å². The number of nitrogens with one attached hydrogen (secondary N) is 3. The fraction of sp³-hybridized carbons (Fsp3) is 0.444. The van der Waals surface area contributed by atoms with E-state index in [9.17, 15) is 9.18 Å². The lowest BCUT2D eigenvalue weighted by molar-refractivity contribution is -0.113. The standard InChI is InChI=1S/C22H30FN3O.C8H14N2.2C2H6.C2H2/c1-15(19(5)27)13-22(26-17(3)10-11-24-6)18(4)25-14-20-8-7-9-21(23)16(2)12-20;1-4-6-5(2)7(9)8(6)10-3;3*1-2/h7-8,10,12-13,24-25H,4,9,11,14H2,1-3,5-6H3;6,10H,2,4,9H2,1,3H3;2*1-2H3;1-2H/b15-13+,17-10+,26-22+;;;;. The van der Waals surface area contributed by atoms with Gasteiger partial charge >= 0.3 is 0 Å². The molecule has 0 bridgehead atoms. The fourth-order valence-electron chi connectivity index (χ4n) is 3.67. The molecule has 0 amide bonds. The van der Waals surface area contributed by atoms with E-state index in [-0.39, 0.29) is 11.6 Å². The number of terminal acetylenes is 1. The van der Waals surface area contributed by atoms with Crippen LogP contribution in [0, 0.1) is 18.8 Å². The second kappa shape index (κ2) is 25.8. The first-order valence-corrected chi connectivity index (χ1v) is 14.9. The maximum Gasteiger partial charge on any atom is 0.155 e. The van der Waals surface area contributed by atoms with Crippen LogP contribution in [0.3, 0.4) is 0 Å². The number of hydrogen-bond donors (Lipinski definition) is 4. The second-order valence-electron chi connectivity index (χ2n) is 9.09. The Morgan fingerprint density at radius 2 is 1.77 bits per heavy atom. The molecule has 240 valence electrons. The Bertz CT molecular complexity index is 1140. The van der Waals surface area contributed by atoms with E-state index in [1.807, 2.05) is 73.0 Å². The summed E-state index contributed by atoms with van der Waals surface area (Å²) in [6.07, 6.45) is 18.6. The molecule has 0 aromatic carbocycles. The highest BCUT2D eigenvalue weighted by Crippen LogP contribution is 2.35. The highest BCUT2D eigenvalue weighted by molar-refractivity contribution is 6.12. The molecule has 0 heterocycles. The van der Waals surface area contributed by atoms with Gasteiger partial charge in [-0.15, -0.1) is 12.8 Å². The molecule has 0 fully saturated rings. The monoisotopic (exact) mass is 595 g/mol. The summed E-state index contributed by atoms with van der Waals surface area (Å²) >= 11 is 0. The van der Waals surface area contributed by atoms with Gasteiger partial charge in [0.25, 0.3) is 0 Å². The summed E-state index contributed by atoms with van der Waals surface area (Å²) in [5, 5.41) is 9.35. The smallest absolute Gasteiger partial charge is 0.155 e. The van der Waals surface area contributed by atoms with Gasteiger partial charge in [0.1, 0.15) is 5.83 Å². The van der Waals surface area contributed by atoms with Gasteiger partial charge in [0.05, 0.1) is 17.1 Å². The minimum atomic E-state index is -0.118. The number of ketones is 1. The predicted octanol–water partition coefficient (Wildman–Crippen LogP) is 7.59. The van der Waals surface area contributed by atoms with E-state index < -0.39 is 0 Å². The van der Waals surface area contributed by atoms with Crippen LogP contribution in [-0.2, 0) is 4.79 Å². The Hall–Kier alpha value is -3.89. The van der Waals surface area contributed by atoms with Gasteiger partial charge in [-0.25, -0.2) is 4.39 Å². The van der Waals surface area contributed by atoms with Crippen molar-refractivity contribution >= 4 is 11.5 Å². The molecule has 6 nitrogen and oxygen atoms in total. The first kappa shape index (κ1) is 43.6. The van der Waals surface area contributed by atoms with Crippen molar-refractivity contribution in [2.75, 3.05) is 27.2 Å². The summed E-state index contributed by atoms with van der Waals surface area (Å²) in [5.74, 6) is 0.357. The molecule has 1 unspecified atom stereocenters. The topological polar surface area (TPSA) is 91.5 Å². The zero-order chi connectivity index (χ0) is 34.1. The summed E-state index contributed by atoms with van der Waals surface area (Å²) < 4.78 is 13.7. The molecular weight excluding hydrogens is 537 g/mol. The second-order valence-corrected chi connectivity index (χ2v) is 9.09. The number of hydrogen-bond acceptors (Lipinski definition) is 6. The van der Waals surface area contributed by atoms with Crippen LogP contribution in [-0.4, -0.2) is 38.7 Å². The Labute approximate surface area is 262 Å². The van der Waals surface area contributed by atoms with Gasteiger partial charge in [-0.1, -0.05) is 66.0 Å². The van der Waals surface area contributed by atoms with Crippen molar-refractivity contribution in [2.45, 2.75) is 75.2 Å². The first-order valence-electron chi connectivity index (χ1n) is 14.9. The zero-order valence-electron chi connectivity index (χ0n) is 28.7. The molecule has 0 aromatic heterocycles. The molecule has 0 aliphatic heterocycles. The van der Waals surface area contributed by atoms with Gasteiger partial charge in [-0.2, -0.15) is 0 Å². The van der Waals surface area contributed by atoms with Gasteiger partial charge in [-0.05, 0) is 75.6 Å². The molecule has 0 aromatic rings. The Morgan fingerprint density at radius 1 is 1.19 bits per heavy atom. The van der Waals surface area contributed by atoms with Crippen molar-refractivity contribution < 1.29 is 9.18 Å². The normalized spacial score (nSPS) is 16.2. The molecule has 2 aliphatic rings. The number of nitrogens with two attached hydrogens (primary N) is 1. The van der Waals surface area contributed by atoms with Crippen molar-refractivity contribution in [3.05, 3.63) is 94.4 Å². The fourth-order valence-corrected chi connectivity index (χ4v) is 3.67. The predicted molar refractivity (Wildman–Crippen MR) is 188 cm³/mol. The van der Waals surface area contributed by atoms with Gasteiger partial charge in [0, 0.05) is 43.9 Å². The zero-order valence-corrected chi connectivity index (χ0v) is 28.7. The SMILES string of the molecule is C#C.C=C(NCC1=CC(C)=C(F)CC=C1)C(/C=C(\C)C(C)=O)=N/C(C)=C/CNC.C=C1C(N)=C(NC)C1CC.CC.CC. The summed E-state index contributed by atoms with van der Waals surface area (Å²) in [5.41, 5.74) is 13.0. The number of rotatable bonds is 11. The lowest BCUT2D eigenvalue weighted by Crippen LogP contribution is -2.33. The third-order valence-electron chi connectivity index (χ3n) is 6.16. The third-order valence-corrected chi connectivity index (χ3v) is 6.16. The van der Waals surface area contributed by atoms with Crippen molar-refractivity contribution in [1.82, 2.24) is 16.0 Å². The third kappa shape index (κ3) is 16.4. The molecule has 0 spiro atoms. The van der Waals surface area contributed by atoms with Crippen LogP contribution < -0.4 is 21.7 Å². The molecule has 0 saturated carbocycles. The first-order chi connectivity index (χ1) is 20.5. The van der Waals surface area contributed by atoms with Crippen LogP contribution in [0.4, 0.5) is 4.39 Å². The highest BCUT2D eigenvalue weighted by Gasteiger charge is 2.29. The minimum Gasteiger partial charge on any atom is -0.397 e. The average Bonchev–Trinajstić information content (AvgIpc) is 3.18. The maximum atomic E-state index is 13.7. The highest BCUT2D eigenvalue weighted by atomic mass is 19.1. The molecule has 7 heteroatoms. The van der Waals surface area contributed by atoms with Crippen molar-refractivity contribution in [1.29, 1.82) is 0 Å². The van der Waals surface area contributed by atoms with E-state index in [0.29, 0.717) is 48.0 Å². The molecule has 0 saturated heterocycles. The molecule has 2 aliphatic carbocycles. The van der Waals surface area contributed by atoms with Crippen molar-refractivity contribution in [3.63, 3.8) is 0 Å². The molecular formula is C36H58FN5O. The van der Waals surface area contributed by atoms with Crippen LogP contribution in [0.2, 0.25) is 0 Å². The minimum absolute atomic E-state index is 0.0157. The van der Waals surface area contributed by atoms with Crippen LogP contribution in [0.15, 0.2) is 99.4 Å². The molecule has 43 heavy (non-hydrogen) atoms. The van der Waals surface area contributed by atoms with Crippen molar-refractivity contribution in [3.8, 4) is 12.8 Å². The van der Waals surface area contributed by atoms with E-state index in [2.05, 4.69) is 53.9 Å². The van der Waals surface area contributed by atoms with E-state index in [1.165, 1.54) is 6.92 Å². The Kier molecular flexibility index (Phi) is 26.1. The quantitative estimate of drug-likeness (QED) is 0.112. The van der Waals surface area contributed by atoms with Gasteiger partial charge < -0.3 is 21.7 Å². The summed E-state index contributed by atoms with van der Waals surface area (Å²) in [4.78, 5) is 16.2. The van der Waals surface area contributed by atoms with E-state index in [1.54, 1.807) is 19.9 Å². The van der Waals surface area contributed by atoms with E-state index in [0.717, 1.165) is 34.7 Å². The number of allylic oxidation sites excluding steroid dienone is 9. The maximum absolute atomic E-state index is 13.7. The van der Waals surface area contributed by atoms with Gasteiger partial charge in [0.15, 0.2) is 5.78 Å². The molecule has 0 radical (unpaired) electrons. The number of Topliss-reactive ketones (excluding diaryl/α,β-unsaturated/α-hetero) is 1. The molecule has 2 rings (SSSR count). The number of carbonyl (C=O) groups excluding carboxylic acids is 1. The summed E-state index contributed by atoms with van der Waals surface area (Å²) in [6.45, 7) is 26.2. The lowest BCUT2D eigenvalue weighted by Gasteiger charge is -2.32. The number of aliphatic imine (C=N–C) groups is 1. The number of carbonyl (C=O) groups is 1. The number of halogens is 1. The Balaban J connectivity index is -0.000000825. The number of likely N-dealkylation sites (N-methyl/N-ethyl adjacent to an activating group) is 1. The largest absolute Gasteiger partial charge is 0.397 e. The van der Waals surface area contributed by atoms with Crippen LogP contribution in [0.25, 0.3) is 0 Å². The molecule has 5 N–H and O–H groups in total. The average molecular weight is 596 g/mol. The Morgan fingerprint density at radius 3 is 2.23 bits per heavy atom. The van der Waals surface area contributed by atoms with Crippen LogP contribution in [0.1, 0.15) is 75.2 Å². The van der Waals surface area contributed by atoms with Gasteiger partial charge in [-0.3, -0.25) is 9.79 Å². The van der Waals surface area contributed by atoms with Crippen molar-refractivity contribution in [2.24, 2.45) is 16.6 Å². The lowest BCUT2D eigenvalue weighted by atomic mass is 9.80. The van der Waals surface area contributed by atoms with E-state index >= 15 is 0 Å². The van der Waals surface area contributed by atoms with Gasteiger partial charge in [0.2, 0.25) is 0 Å². The summed E-state index contributed by atoms with van der Waals surface area (Å²) in [6, 6.07) is 0. The molecule has 1 atom stereocenters. The number of nitrogens with zero attached hydrogens (tertiary/aromatic N) is 1.